The molecule has 1 aliphatic heterocycles. The first kappa shape index (κ1) is 17.9. The van der Waals surface area contributed by atoms with Gasteiger partial charge in [-0.25, -0.2) is 0 Å². The molecule has 0 saturated carbocycles. The van der Waals surface area contributed by atoms with Crippen LogP contribution in [0.1, 0.15) is 29.0 Å². The van der Waals surface area contributed by atoms with Gasteiger partial charge in [0.1, 0.15) is 12.7 Å². The fourth-order valence-corrected chi connectivity index (χ4v) is 3.65. The minimum absolute atomic E-state index is 0.0129. The second-order valence-corrected chi connectivity index (χ2v) is 7.39. The summed E-state index contributed by atoms with van der Waals surface area (Å²) in [5.41, 5.74) is 3.00. The van der Waals surface area contributed by atoms with Crippen molar-refractivity contribution in [2.45, 2.75) is 12.1 Å². The zero-order valence-electron chi connectivity index (χ0n) is 14.7. The van der Waals surface area contributed by atoms with Gasteiger partial charge in [-0.3, -0.25) is 9.78 Å². The molecule has 1 aromatic heterocycles. The molecule has 2 heterocycles. The maximum absolute atomic E-state index is 12.8. The Labute approximate surface area is 166 Å². The van der Waals surface area contributed by atoms with Crippen LogP contribution in [0.2, 0.25) is 0 Å². The van der Waals surface area contributed by atoms with Crippen molar-refractivity contribution in [1.82, 2.24) is 9.88 Å². The third-order valence-corrected chi connectivity index (χ3v) is 5.18. The van der Waals surface area contributed by atoms with Gasteiger partial charge in [-0.05, 0) is 39.2 Å². The van der Waals surface area contributed by atoms with Crippen molar-refractivity contribution in [3.8, 4) is 0 Å². The minimum atomic E-state index is -0.245. The van der Waals surface area contributed by atoms with Gasteiger partial charge in [0.2, 0.25) is 5.91 Å². The molecule has 0 bridgehead atoms. The highest BCUT2D eigenvalue weighted by Gasteiger charge is 2.34. The van der Waals surface area contributed by atoms with E-state index in [1.807, 2.05) is 53.4 Å². The van der Waals surface area contributed by atoms with E-state index >= 15 is 0 Å². The van der Waals surface area contributed by atoms with E-state index in [1.165, 1.54) is 0 Å². The first-order valence-corrected chi connectivity index (χ1v) is 9.64. The first-order chi connectivity index (χ1) is 13.2. The molecule has 4 rings (SSSR count). The highest BCUT2D eigenvalue weighted by atomic mass is 79.9. The van der Waals surface area contributed by atoms with Crippen LogP contribution in [0.5, 0.6) is 0 Å². The van der Waals surface area contributed by atoms with Gasteiger partial charge in [-0.1, -0.05) is 60.7 Å². The summed E-state index contributed by atoms with van der Waals surface area (Å²) in [5.74, 6) is -0.0129. The molecule has 0 aliphatic carbocycles. The average Bonchev–Trinajstić information content (AvgIpc) is 2.72. The van der Waals surface area contributed by atoms with Crippen LogP contribution in [0, 0.1) is 0 Å². The van der Waals surface area contributed by atoms with Gasteiger partial charge in [0.05, 0.1) is 18.3 Å². The smallest absolute Gasteiger partial charge is 0.249 e. The summed E-state index contributed by atoms with van der Waals surface area (Å²) in [7, 11) is 0. The van der Waals surface area contributed by atoms with E-state index < -0.39 is 0 Å². The predicted molar refractivity (Wildman–Crippen MR) is 107 cm³/mol. The van der Waals surface area contributed by atoms with Gasteiger partial charge in [-0.15, -0.1) is 0 Å². The Morgan fingerprint density at radius 1 is 0.963 bits per heavy atom. The standard InChI is InChI=1S/C22H19BrN2O2/c23-18-11-12-19(24-13-18)20-14-25(21(26)15-27-20)22(16-7-3-1-4-8-16)17-9-5-2-6-10-17/h1-13,20,22H,14-15H2. The zero-order chi connectivity index (χ0) is 18.6. The van der Waals surface area contributed by atoms with E-state index in [2.05, 4.69) is 45.2 Å². The maximum atomic E-state index is 12.8. The van der Waals surface area contributed by atoms with Crippen LogP contribution < -0.4 is 0 Å². The summed E-state index contributed by atoms with van der Waals surface area (Å²) < 4.78 is 6.72. The molecule has 1 aliphatic rings. The van der Waals surface area contributed by atoms with E-state index in [-0.39, 0.29) is 24.7 Å². The van der Waals surface area contributed by atoms with Crippen molar-refractivity contribution in [3.05, 3.63) is 100 Å². The van der Waals surface area contributed by atoms with Gasteiger partial charge < -0.3 is 9.64 Å². The van der Waals surface area contributed by atoms with Crippen molar-refractivity contribution in [2.24, 2.45) is 0 Å². The summed E-state index contributed by atoms with van der Waals surface area (Å²) in [5, 5.41) is 0. The quantitative estimate of drug-likeness (QED) is 0.619. The Morgan fingerprint density at radius 2 is 1.59 bits per heavy atom. The number of benzene rings is 2. The number of pyridine rings is 1. The maximum Gasteiger partial charge on any atom is 0.249 e. The normalized spacial score (nSPS) is 17.3. The third-order valence-electron chi connectivity index (χ3n) is 4.71. The van der Waals surface area contributed by atoms with Crippen LogP contribution in [0.4, 0.5) is 0 Å². The van der Waals surface area contributed by atoms with E-state index in [1.54, 1.807) is 6.20 Å². The molecule has 1 unspecified atom stereocenters. The Hall–Kier alpha value is -2.50. The predicted octanol–water partition coefficient (Wildman–Crippen LogP) is 4.53. The van der Waals surface area contributed by atoms with Crippen LogP contribution in [0.25, 0.3) is 0 Å². The van der Waals surface area contributed by atoms with Crippen LogP contribution >= 0.6 is 15.9 Å². The molecule has 136 valence electrons. The molecule has 0 radical (unpaired) electrons. The lowest BCUT2D eigenvalue weighted by atomic mass is 9.96. The van der Waals surface area contributed by atoms with Crippen LogP contribution in [0.3, 0.4) is 0 Å². The molecular weight excluding hydrogens is 404 g/mol. The van der Waals surface area contributed by atoms with E-state index in [4.69, 9.17) is 4.74 Å². The van der Waals surface area contributed by atoms with Crippen molar-refractivity contribution < 1.29 is 9.53 Å². The van der Waals surface area contributed by atoms with Crippen molar-refractivity contribution in [1.29, 1.82) is 0 Å². The number of ether oxygens (including phenoxy) is 1. The van der Waals surface area contributed by atoms with Gasteiger partial charge in [-0.2, -0.15) is 0 Å². The SMILES string of the molecule is O=C1COC(c2ccc(Br)cn2)CN1C(c1ccccc1)c1ccccc1. The van der Waals surface area contributed by atoms with Crippen molar-refractivity contribution >= 4 is 21.8 Å². The largest absolute Gasteiger partial charge is 0.360 e. The fraction of sp³-hybridized carbons (Fsp3) is 0.182. The zero-order valence-corrected chi connectivity index (χ0v) is 16.2. The lowest BCUT2D eigenvalue weighted by molar-refractivity contribution is -0.152. The number of hydrogen-bond acceptors (Lipinski definition) is 3. The Balaban J connectivity index is 1.69. The summed E-state index contributed by atoms with van der Waals surface area (Å²) in [6.07, 6.45) is 1.51. The number of rotatable bonds is 4. The van der Waals surface area contributed by atoms with Gasteiger partial charge in [0.25, 0.3) is 0 Å². The lowest BCUT2D eigenvalue weighted by Crippen LogP contribution is -2.45. The number of aromatic nitrogens is 1. The molecule has 27 heavy (non-hydrogen) atoms. The van der Waals surface area contributed by atoms with Crippen LogP contribution in [0.15, 0.2) is 83.5 Å². The molecule has 1 atom stereocenters. The summed E-state index contributed by atoms with van der Waals surface area (Å²) in [6.45, 7) is 0.514. The summed E-state index contributed by atoms with van der Waals surface area (Å²) in [4.78, 5) is 19.1. The number of halogens is 1. The number of morpholine rings is 1. The Kier molecular flexibility index (Phi) is 5.32. The molecule has 2 aromatic carbocycles. The second kappa shape index (κ2) is 8.03. The number of carbonyl (C=O) groups excluding carboxylic acids is 1. The summed E-state index contributed by atoms with van der Waals surface area (Å²) in [6, 6.07) is 24.0. The molecule has 3 aromatic rings. The molecule has 1 amide bonds. The average molecular weight is 423 g/mol. The number of nitrogens with zero attached hydrogens (tertiary/aromatic N) is 2. The molecule has 1 fully saturated rings. The summed E-state index contributed by atoms with van der Waals surface area (Å²) >= 11 is 3.41. The van der Waals surface area contributed by atoms with Gasteiger partial charge >= 0.3 is 0 Å². The monoisotopic (exact) mass is 422 g/mol. The number of hydrogen-bond donors (Lipinski definition) is 0. The van der Waals surface area contributed by atoms with Gasteiger partial charge in [0.15, 0.2) is 0 Å². The fourth-order valence-electron chi connectivity index (χ4n) is 3.42. The molecule has 4 nitrogen and oxygen atoms in total. The number of carbonyl (C=O) groups is 1. The molecule has 0 N–H and O–H groups in total. The van der Waals surface area contributed by atoms with Crippen LogP contribution in [-0.2, 0) is 9.53 Å². The van der Waals surface area contributed by atoms with E-state index in [0.717, 1.165) is 21.3 Å². The highest BCUT2D eigenvalue weighted by molar-refractivity contribution is 9.10. The van der Waals surface area contributed by atoms with Crippen molar-refractivity contribution in [2.75, 3.05) is 13.2 Å². The lowest BCUT2D eigenvalue weighted by Gasteiger charge is -2.38. The molecule has 0 spiro atoms. The van der Waals surface area contributed by atoms with Crippen LogP contribution in [-0.4, -0.2) is 28.9 Å². The topological polar surface area (TPSA) is 42.4 Å². The van der Waals surface area contributed by atoms with E-state index in [9.17, 15) is 4.79 Å². The first-order valence-electron chi connectivity index (χ1n) is 8.85. The second-order valence-electron chi connectivity index (χ2n) is 6.47. The van der Waals surface area contributed by atoms with Crippen molar-refractivity contribution in [3.63, 3.8) is 0 Å². The minimum Gasteiger partial charge on any atom is -0.360 e. The number of amides is 1. The molecule has 5 heteroatoms. The Morgan fingerprint density at radius 3 is 2.15 bits per heavy atom. The highest BCUT2D eigenvalue weighted by Crippen LogP contribution is 2.33. The Bertz CT molecular complexity index is 861. The third kappa shape index (κ3) is 3.94. The van der Waals surface area contributed by atoms with Gasteiger partial charge in [0, 0.05) is 10.7 Å². The molecule has 1 saturated heterocycles. The molecular formula is C22H19BrN2O2. The van der Waals surface area contributed by atoms with E-state index in [0.29, 0.717) is 6.54 Å².